The van der Waals surface area contributed by atoms with E-state index in [4.69, 9.17) is 0 Å². The number of thiophene rings is 1. The molecule has 6 nitrogen and oxygen atoms in total. The van der Waals surface area contributed by atoms with Crippen LogP contribution in [0.5, 0.6) is 0 Å². The van der Waals surface area contributed by atoms with Gasteiger partial charge in [0, 0.05) is 64.7 Å². The van der Waals surface area contributed by atoms with Gasteiger partial charge in [-0.3, -0.25) is 14.5 Å². The summed E-state index contributed by atoms with van der Waals surface area (Å²) in [6, 6.07) is 4.04. The molecule has 27 heavy (non-hydrogen) atoms. The first kappa shape index (κ1) is 20.3. The lowest BCUT2D eigenvalue weighted by Crippen LogP contribution is -2.47. The number of likely N-dealkylation sites (tertiary alicyclic amines) is 1. The van der Waals surface area contributed by atoms with Crippen LogP contribution in [0.15, 0.2) is 12.1 Å². The van der Waals surface area contributed by atoms with E-state index in [2.05, 4.69) is 15.9 Å². The lowest BCUT2D eigenvalue weighted by atomic mass is 10.1. The SMILES string of the molecule is CC(=O)N1CCN(Cc2ccc(C(=O)N(C)CCN3CCCCC3)s2)CC1. The summed E-state index contributed by atoms with van der Waals surface area (Å²) in [5.41, 5.74) is 0. The summed E-state index contributed by atoms with van der Waals surface area (Å²) in [5.74, 6) is 0.288. The van der Waals surface area contributed by atoms with E-state index in [1.165, 1.54) is 37.2 Å². The average Bonchev–Trinajstić information content (AvgIpc) is 3.15. The van der Waals surface area contributed by atoms with Crippen molar-refractivity contribution < 1.29 is 9.59 Å². The van der Waals surface area contributed by atoms with Crippen LogP contribution in [0.25, 0.3) is 0 Å². The van der Waals surface area contributed by atoms with Crippen LogP contribution in [-0.2, 0) is 11.3 Å². The largest absolute Gasteiger partial charge is 0.340 e. The maximum Gasteiger partial charge on any atom is 0.263 e. The predicted octanol–water partition coefficient (Wildman–Crippen LogP) is 1.97. The summed E-state index contributed by atoms with van der Waals surface area (Å²) in [7, 11) is 1.91. The van der Waals surface area contributed by atoms with Crippen molar-refractivity contribution in [2.24, 2.45) is 0 Å². The van der Waals surface area contributed by atoms with E-state index in [1.807, 2.05) is 22.9 Å². The quantitative estimate of drug-likeness (QED) is 0.743. The van der Waals surface area contributed by atoms with E-state index >= 15 is 0 Å². The maximum absolute atomic E-state index is 12.7. The molecule has 150 valence electrons. The molecule has 0 N–H and O–H groups in total. The summed E-state index contributed by atoms with van der Waals surface area (Å²) in [6.07, 6.45) is 3.91. The Labute approximate surface area is 166 Å². The molecule has 0 spiro atoms. The fraction of sp³-hybridized carbons (Fsp3) is 0.700. The first-order valence-corrected chi connectivity index (χ1v) is 10.9. The molecular weight excluding hydrogens is 360 g/mol. The number of carbonyl (C=O) groups is 2. The van der Waals surface area contributed by atoms with Crippen LogP contribution in [0.2, 0.25) is 0 Å². The molecular formula is C20H32N4O2S. The molecule has 0 radical (unpaired) electrons. The molecule has 0 aromatic carbocycles. The highest BCUT2D eigenvalue weighted by Crippen LogP contribution is 2.20. The smallest absolute Gasteiger partial charge is 0.263 e. The van der Waals surface area contributed by atoms with Crippen molar-refractivity contribution in [1.29, 1.82) is 0 Å². The number of likely N-dealkylation sites (N-methyl/N-ethyl adjacent to an activating group) is 1. The van der Waals surface area contributed by atoms with Gasteiger partial charge in [0.2, 0.25) is 5.91 Å². The minimum atomic E-state index is 0.129. The van der Waals surface area contributed by atoms with E-state index in [0.717, 1.165) is 50.7 Å². The number of carbonyl (C=O) groups excluding carboxylic acids is 2. The zero-order valence-electron chi connectivity index (χ0n) is 16.7. The number of piperazine rings is 1. The summed E-state index contributed by atoms with van der Waals surface area (Å²) in [4.78, 5) is 34.8. The number of hydrogen-bond acceptors (Lipinski definition) is 5. The van der Waals surface area contributed by atoms with Gasteiger partial charge in [-0.25, -0.2) is 0 Å². The van der Waals surface area contributed by atoms with Crippen molar-refractivity contribution in [3.8, 4) is 0 Å². The molecule has 1 aromatic rings. The van der Waals surface area contributed by atoms with Crippen LogP contribution in [0.1, 0.15) is 40.7 Å². The Balaban J connectivity index is 1.45. The fourth-order valence-corrected chi connectivity index (χ4v) is 4.83. The van der Waals surface area contributed by atoms with Crippen molar-refractivity contribution >= 4 is 23.2 Å². The summed E-state index contributed by atoms with van der Waals surface area (Å²) < 4.78 is 0. The molecule has 3 heterocycles. The third kappa shape index (κ3) is 5.77. The highest BCUT2D eigenvalue weighted by atomic mass is 32.1. The highest BCUT2D eigenvalue weighted by molar-refractivity contribution is 7.14. The average molecular weight is 393 g/mol. The summed E-state index contributed by atoms with van der Waals surface area (Å²) >= 11 is 1.60. The van der Waals surface area contributed by atoms with Gasteiger partial charge >= 0.3 is 0 Å². The normalized spacial score (nSPS) is 19.3. The maximum atomic E-state index is 12.7. The molecule has 2 aliphatic heterocycles. The number of hydrogen-bond donors (Lipinski definition) is 0. The van der Waals surface area contributed by atoms with Crippen molar-refractivity contribution in [3.05, 3.63) is 21.9 Å². The Kier molecular flexibility index (Phi) is 7.26. The van der Waals surface area contributed by atoms with E-state index in [0.29, 0.717) is 0 Å². The Morgan fingerprint density at radius 3 is 2.37 bits per heavy atom. The number of nitrogens with zero attached hydrogens (tertiary/aromatic N) is 4. The number of piperidine rings is 1. The van der Waals surface area contributed by atoms with Crippen LogP contribution in [0.4, 0.5) is 0 Å². The van der Waals surface area contributed by atoms with Crippen LogP contribution in [0, 0.1) is 0 Å². The Morgan fingerprint density at radius 1 is 1.00 bits per heavy atom. The minimum Gasteiger partial charge on any atom is -0.340 e. The third-order valence-electron chi connectivity index (χ3n) is 5.62. The molecule has 0 bridgehead atoms. The van der Waals surface area contributed by atoms with Crippen molar-refractivity contribution in [2.75, 3.05) is 59.4 Å². The van der Waals surface area contributed by atoms with Gasteiger partial charge in [0.05, 0.1) is 4.88 Å². The molecule has 2 aliphatic rings. The zero-order chi connectivity index (χ0) is 19.2. The second-order valence-corrected chi connectivity index (χ2v) is 8.85. The van der Waals surface area contributed by atoms with Crippen LogP contribution >= 0.6 is 11.3 Å². The minimum absolute atomic E-state index is 0.129. The monoisotopic (exact) mass is 392 g/mol. The van der Waals surface area contributed by atoms with Crippen LogP contribution in [-0.4, -0.2) is 90.8 Å². The topological polar surface area (TPSA) is 47.1 Å². The fourth-order valence-electron chi connectivity index (χ4n) is 3.78. The van der Waals surface area contributed by atoms with Crippen molar-refractivity contribution in [3.63, 3.8) is 0 Å². The molecule has 2 saturated heterocycles. The molecule has 2 fully saturated rings. The standard InChI is InChI=1S/C20H32N4O2S/c1-17(25)24-14-12-23(13-15-24)16-18-6-7-19(27-18)20(26)21(2)10-11-22-8-4-3-5-9-22/h6-7H,3-5,8-16H2,1-2H3. The van der Waals surface area contributed by atoms with E-state index in [1.54, 1.807) is 18.3 Å². The second kappa shape index (κ2) is 9.66. The zero-order valence-corrected chi connectivity index (χ0v) is 17.5. The molecule has 2 amide bonds. The third-order valence-corrected chi connectivity index (χ3v) is 6.67. The van der Waals surface area contributed by atoms with Gasteiger partial charge < -0.3 is 14.7 Å². The van der Waals surface area contributed by atoms with Crippen molar-refractivity contribution in [2.45, 2.75) is 32.7 Å². The van der Waals surface area contributed by atoms with Gasteiger partial charge in [-0.2, -0.15) is 0 Å². The first-order valence-electron chi connectivity index (χ1n) is 10.1. The number of amides is 2. The van der Waals surface area contributed by atoms with Gasteiger partial charge in [-0.05, 0) is 38.1 Å². The Morgan fingerprint density at radius 2 is 1.70 bits per heavy atom. The van der Waals surface area contributed by atoms with E-state index in [-0.39, 0.29) is 11.8 Å². The Bertz CT molecular complexity index is 634. The second-order valence-electron chi connectivity index (χ2n) is 7.68. The van der Waals surface area contributed by atoms with E-state index < -0.39 is 0 Å². The lowest BCUT2D eigenvalue weighted by Gasteiger charge is -2.33. The van der Waals surface area contributed by atoms with Gasteiger partial charge in [0.15, 0.2) is 0 Å². The summed E-state index contributed by atoms with van der Waals surface area (Å²) in [5, 5.41) is 0. The first-order chi connectivity index (χ1) is 13.0. The lowest BCUT2D eigenvalue weighted by molar-refractivity contribution is -0.130. The van der Waals surface area contributed by atoms with Crippen molar-refractivity contribution in [1.82, 2.24) is 19.6 Å². The van der Waals surface area contributed by atoms with Gasteiger partial charge in [0.25, 0.3) is 5.91 Å². The highest BCUT2D eigenvalue weighted by Gasteiger charge is 2.20. The van der Waals surface area contributed by atoms with E-state index in [9.17, 15) is 9.59 Å². The van der Waals surface area contributed by atoms with Gasteiger partial charge in [-0.1, -0.05) is 6.42 Å². The molecule has 7 heteroatoms. The predicted molar refractivity (Wildman–Crippen MR) is 109 cm³/mol. The molecule has 3 rings (SSSR count). The van der Waals surface area contributed by atoms with Crippen LogP contribution in [0.3, 0.4) is 0 Å². The molecule has 0 saturated carbocycles. The molecule has 0 aliphatic carbocycles. The Hall–Kier alpha value is -1.44. The van der Waals surface area contributed by atoms with Crippen LogP contribution < -0.4 is 0 Å². The molecule has 1 aromatic heterocycles. The molecule has 0 atom stereocenters. The summed E-state index contributed by atoms with van der Waals surface area (Å²) in [6.45, 7) is 9.99. The molecule has 0 unspecified atom stereocenters. The number of rotatable bonds is 6. The van der Waals surface area contributed by atoms with Gasteiger partial charge in [-0.15, -0.1) is 11.3 Å². The van der Waals surface area contributed by atoms with Gasteiger partial charge in [0.1, 0.15) is 0 Å².